The van der Waals surface area contributed by atoms with Crippen molar-refractivity contribution >= 4 is 30.4 Å². The van der Waals surface area contributed by atoms with Gasteiger partial charge in [0.1, 0.15) is 23.7 Å². The number of benzene rings is 1. The van der Waals surface area contributed by atoms with Gasteiger partial charge in [-0.3, -0.25) is 9.36 Å². The zero-order valence-electron chi connectivity index (χ0n) is 23.0. The smallest absolute Gasteiger partial charge is 0.416 e. The highest BCUT2D eigenvalue weighted by molar-refractivity contribution is 7.59. The summed E-state index contributed by atoms with van der Waals surface area (Å²) in [5, 5.41) is 5.84. The lowest BCUT2D eigenvalue weighted by molar-refractivity contribution is -0.149. The van der Waals surface area contributed by atoms with Crippen LogP contribution < -0.4 is 15.9 Å². The molecule has 40 heavy (non-hydrogen) atoms. The number of carbonyl (C=O) groups excluding carboxylic acids is 1. The summed E-state index contributed by atoms with van der Waals surface area (Å²) in [4.78, 5) is 25.0. The number of hydrogen-bond acceptors (Lipinski definition) is 8. The van der Waals surface area contributed by atoms with Gasteiger partial charge < -0.3 is 19.8 Å². The molecule has 0 fully saturated rings. The molecule has 3 aromatic rings. The zero-order valence-corrected chi connectivity index (χ0v) is 23.9. The second kappa shape index (κ2) is 12.6. The number of nitrogens with one attached hydrogen (secondary N) is 2. The molecule has 1 aromatic carbocycles. The van der Waals surface area contributed by atoms with E-state index in [0.717, 1.165) is 12.1 Å². The van der Waals surface area contributed by atoms with Gasteiger partial charge in [-0.05, 0) is 51.8 Å². The average molecular weight is 586 g/mol. The van der Waals surface area contributed by atoms with Crippen molar-refractivity contribution in [1.29, 1.82) is 0 Å². The number of nitrogens with zero attached hydrogens (tertiary/aromatic N) is 4. The third kappa shape index (κ3) is 8.00. The number of anilines is 1. The Morgan fingerprint density at radius 1 is 1.15 bits per heavy atom. The van der Waals surface area contributed by atoms with Crippen LogP contribution in [0.1, 0.15) is 58.2 Å². The molecule has 0 aliphatic carbocycles. The van der Waals surface area contributed by atoms with Crippen molar-refractivity contribution < 1.29 is 32.0 Å². The Morgan fingerprint density at radius 3 is 2.45 bits per heavy atom. The van der Waals surface area contributed by atoms with E-state index in [9.17, 15) is 22.5 Å². The first-order valence-electron chi connectivity index (χ1n) is 12.7. The highest BCUT2D eigenvalue weighted by Crippen LogP contribution is 2.42. The normalized spacial score (nSPS) is 15.5. The Labute approximate surface area is 230 Å². The van der Waals surface area contributed by atoms with Crippen LogP contribution in [0.15, 0.2) is 36.9 Å². The minimum absolute atomic E-state index is 0.199. The van der Waals surface area contributed by atoms with Crippen LogP contribution >= 0.6 is 7.44 Å². The van der Waals surface area contributed by atoms with Crippen LogP contribution in [0.3, 0.4) is 0 Å². The van der Waals surface area contributed by atoms with Crippen molar-refractivity contribution in [3.05, 3.63) is 48.0 Å². The SMILES string of the molecule is CCCOC(=O)C(C)(C)N[P@](=O)(CO[C@H](C)Cn1cnc2c(N)ncnc21)N[C@@H](C)c1ccc(C(F)(F)F)cc1. The Morgan fingerprint density at radius 2 is 1.82 bits per heavy atom. The van der Waals surface area contributed by atoms with Gasteiger partial charge in [-0.15, -0.1) is 0 Å². The summed E-state index contributed by atoms with van der Waals surface area (Å²) in [5.74, 6) is -0.363. The molecule has 2 heterocycles. The third-order valence-electron chi connectivity index (χ3n) is 5.97. The highest BCUT2D eigenvalue weighted by Gasteiger charge is 2.38. The topological polar surface area (TPSA) is 146 Å². The molecule has 0 aliphatic rings. The fraction of sp³-hybridized carbons (Fsp3) is 0.520. The van der Waals surface area contributed by atoms with E-state index < -0.39 is 42.8 Å². The molecule has 0 saturated carbocycles. The molecule has 0 aliphatic heterocycles. The van der Waals surface area contributed by atoms with Crippen molar-refractivity contribution in [2.24, 2.45) is 0 Å². The molecule has 0 radical (unpaired) electrons. The number of nitrogen functional groups attached to an aromatic ring is 1. The summed E-state index contributed by atoms with van der Waals surface area (Å²) in [6.45, 7) is 8.84. The molecule has 11 nitrogen and oxygen atoms in total. The number of aromatic nitrogens is 4. The van der Waals surface area contributed by atoms with Gasteiger partial charge >= 0.3 is 12.1 Å². The molecular weight excluding hydrogens is 550 g/mol. The molecule has 220 valence electrons. The van der Waals surface area contributed by atoms with Crippen LogP contribution in [-0.4, -0.2) is 50.1 Å². The van der Waals surface area contributed by atoms with Gasteiger partial charge in [0, 0.05) is 6.04 Å². The summed E-state index contributed by atoms with van der Waals surface area (Å²) in [5.41, 5.74) is 5.12. The maximum absolute atomic E-state index is 14.2. The van der Waals surface area contributed by atoms with Gasteiger partial charge in [0.05, 0.1) is 31.1 Å². The van der Waals surface area contributed by atoms with E-state index in [0.29, 0.717) is 29.7 Å². The van der Waals surface area contributed by atoms with Crippen LogP contribution in [0, 0.1) is 0 Å². The Bertz CT molecular complexity index is 1350. The molecule has 15 heteroatoms. The lowest BCUT2D eigenvalue weighted by atomic mass is 10.1. The van der Waals surface area contributed by atoms with Gasteiger partial charge in [0.25, 0.3) is 0 Å². The molecular formula is C25H35F3N7O4P. The van der Waals surface area contributed by atoms with Crippen LogP contribution in [-0.2, 0) is 31.6 Å². The van der Waals surface area contributed by atoms with E-state index in [1.807, 2.05) is 6.92 Å². The lowest BCUT2D eigenvalue weighted by Gasteiger charge is -2.33. The first-order chi connectivity index (χ1) is 18.6. The standard InChI is InChI=1S/C25H35F3N7O4P/c1-6-11-38-23(36)24(4,5)34-40(37,33-17(3)18-7-9-19(10-8-18)25(26,27)28)15-39-16(2)12-35-14-32-20-21(29)30-13-31-22(20)35/h7-10,13-14,16-17H,6,11-12,15H2,1-5H3,(H2,29,30,31)(H2,33,34,37)/t16-,17+,40+/m1/s1. The molecule has 0 spiro atoms. The Hall–Kier alpha value is -3.06. The quantitative estimate of drug-likeness (QED) is 0.191. The molecule has 4 N–H and O–H groups in total. The van der Waals surface area contributed by atoms with Crippen molar-refractivity contribution in [2.75, 3.05) is 18.7 Å². The number of fused-ring (bicyclic) bond motifs is 1. The number of esters is 1. The van der Waals surface area contributed by atoms with Crippen LogP contribution in [0.2, 0.25) is 0 Å². The fourth-order valence-corrected chi connectivity index (χ4v) is 6.35. The average Bonchev–Trinajstić information content (AvgIpc) is 3.29. The molecule has 2 aromatic heterocycles. The molecule has 0 bridgehead atoms. The monoisotopic (exact) mass is 585 g/mol. The predicted molar refractivity (Wildman–Crippen MR) is 144 cm³/mol. The minimum atomic E-state index is -4.47. The van der Waals surface area contributed by atoms with Crippen molar-refractivity contribution in [1.82, 2.24) is 29.7 Å². The van der Waals surface area contributed by atoms with Gasteiger partial charge in [-0.25, -0.2) is 25.1 Å². The van der Waals surface area contributed by atoms with Crippen molar-refractivity contribution in [3.8, 4) is 0 Å². The van der Waals surface area contributed by atoms with Crippen molar-refractivity contribution in [2.45, 2.75) is 71.4 Å². The molecule has 3 rings (SSSR count). The number of nitrogens with two attached hydrogens (primary N) is 1. The summed E-state index contributed by atoms with van der Waals surface area (Å²) < 4.78 is 66.1. The minimum Gasteiger partial charge on any atom is -0.464 e. The fourth-order valence-electron chi connectivity index (χ4n) is 3.92. The van der Waals surface area contributed by atoms with E-state index in [1.54, 1.807) is 24.7 Å². The summed E-state index contributed by atoms with van der Waals surface area (Å²) in [6, 6.07) is 3.89. The summed E-state index contributed by atoms with van der Waals surface area (Å²) in [7, 11) is -3.71. The summed E-state index contributed by atoms with van der Waals surface area (Å²) in [6.07, 6.45) is -1.81. The first kappa shape index (κ1) is 31.5. The largest absolute Gasteiger partial charge is 0.464 e. The summed E-state index contributed by atoms with van der Waals surface area (Å²) >= 11 is 0. The van der Waals surface area contributed by atoms with Crippen molar-refractivity contribution in [3.63, 3.8) is 0 Å². The van der Waals surface area contributed by atoms with Crippen LogP contribution in [0.4, 0.5) is 19.0 Å². The maximum Gasteiger partial charge on any atom is 0.416 e. The van der Waals surface area contributed by atoms with Gasteiger partial charge in [0.15, 0.2) is 11.5 Å². The third-order valence-corrected chi connectivity index (χ3v) is 8.21. The van der Waals surface area contributed by atoms with Gasteiger partial charge in [0.2, 0.25) is 7.44 Å². The number of imidazole rings is 1. The Kier molecular flexibility index (Phi) is 9.94. The lowest BCUT2D eigenvalue weighted by Crippen LogP contribution is -2.49. The number of carbonyl (C=O) groups is 1. The molecule has 3 atom stereocenters. The number of rotatable bonds is 13. The van der Waals surface area contributed by atoms with E-state index in [2.05, 4.69) is 25.1 Å². The van der Waals surface area contributed by atoms with E-state index in [4.69, 9.17) is 15.2 Å². The van der Waals surface area contributed by atoms with Gasteiger partial charge in [-0.1, -0.05) is 19.1 Å². The van der Waals surface area contributed by atoms with E-state index in [-0.39, 0.29) is 18.8 Å². The number of alkyl halides is 3. The molecule has 0 unspecified atom stereocenters. The number of ether oxygens (including phenoxy) is 2. The number of hydrogen-bond donors (Lipinski definition) is 3. The second-order valence-electron chi connectivity index (χ2n) is 10.0. The maximum atomic E-state index is 14.2. The van der Waals surface area contributed by atoms with Crippen LogP contribution in [0.25, 0.3) is 11.2 Å². The second-order valence-corrected chi connectivity index (χ2v) is 12.2. The predicted octanol–water partition coefficient (Wildman–Crippen LogP) is 4.66. The highest BCUT2D eigenvalue weighted by atomic mass is 31.2. The Balaban J connectivity index is 1.78. The van der Waals surface area contributed by atoms with E-state index >= 15 is 0 Å². The van der Waals surface area contributed by atoms with E-state index in [1.165, 1.54) is 32.3 Å². The first-order valence-corrected chi connectivity index (χ1v) is 14.6. The number of halogens is 3. The van der Waals surface area contributed by atoms with Crippen LogP contribution in [0.5, 0.6) is 0 Å². The molecule has 0 saturated heterocycles. The zero-order chi connectivity index (χ0) is 29.7. The van der Waals surface area contributed by atoms with Gasteiger partial charge in [-0.2, -0.15) is 13.2 Å². The molecule has 0 amide bonds.